The molecule has 5 rings (SSSR count). The van der Waals surface area contributed by atoms with Gasteiger partial charge < -0.3 is 22.8 Å². The molecule has 38 heavy (non-hydrogen) atoms. The third-order valence-electron chi connectivity index (χ3n) is 8.32. The molecule has 10 heteroatoms. The molecule has 2 N–H and O–H groups in total. The molecule has 0 aromatic heterocycles. The molecule has 1 aromatic carbocycles. The van der Waals surface area contributed by atoms with Crippen LogP contribution >= 0.6 is 0 Å². The predicted molar refractivity (Wildman–Crippen MR) is 150 cm³/mol. The van der Waals surface area contributed by atoms with Crippen molar-refractivity contribution in [3.8, 4) is 0 Å². The lowest BCUT2D eigenvalue weighted by atomic mass is 9.78. The Kier molecular flexibility index (Phi) is 8.75. The van der Waals surface area contributed by atoms with Crippen LogP contribution < -0.4 is 5.48 Å². The van der Waals surface area contributed by atoms with Gasteiger partial charge in [-0.15, -0.1) is 0 Å². The average Bonchev–Trinajstić information content (AvgIpc) is 3.17. The van der Waals surface area contributed by atoms with Crippen LogP contribution in [0.4, 0.5) is 0 Å². The molecule has 2 fully saturated rings. The van der Waals surface area contributed by atoms with Crippen molar-refractivity contribution in [1.82, 2.24) is 5.48 Å². The largest absolute Gasteiger partial charge is 0.414 e. The van der Waals surface area contributed by atoms with E-state index in [0.29, 0.717) is 5.70 Å². The topological polar surface area (TPSA) is 82.8 Å². The van der Waals surface area contributed by atoms with Gasteiger partial charge in [0.2, 0.25) is 0 Å². The maximum atomic E-state index is 11.0. The van der Waals surface area contributed by atoms with Gasteiger partial charge in [0.25, 0.3) is 0 Å². The molecule has 4 aliphatic rings. The molecule has 3 heterocycles. The first kappa shape index (κ1) is 29.6. The molecule has 1 aliphatic carbocycles. The summed E-state index contributed by atoms with van der Waals surface area (Å²) in [6.45, 7) is 25.8. The molecule has 1 aromatic rings. The standard InChI is InChI=1S/C28H44N2O6Si2/c1-18(2)37(19(3)4)34-26-23-15-24(29-9)28(16-25(31)33-23,30-32-17-22-13-11-10-12-14-22)27(26)35-38(36-37,20(5)6)21(7)8/h10-15,18-21,23,25-27,30-31H,16-17H2,1-8H3/t23?,25-,26-,27?,28?/m1/s1. The Labute approximate surface area is 229 Å². The van der Waals surface area contributed by atoms with E-state index in [1.165, 1.54) is 0 Å². The highest BCUT2D eigenvalue weighted by Gasteiger charge is 2.67. The van der Waals surface area contributed by atoms with Gasteiger partial charge >= 0.3 is 17.1 Å². The third-order valence-corrected chi connectivity index (χ3v) is 18.6. The van der Waals surface area contributed by atoms with Crippen molar-refractivity contribution < 1.29 is 27.6 Å². The Morgan fingerprint density at radius 1 is 1.00 bits per heavy atom. The number of fused-ring (bicyclic) bond motifs is 2. The summed E-state index contributed by atoms with van der Waals surface area (Å²) in [5.41, 5.74) is 4.03. The molecule has 2 saturated heterocycles. The van der Waals surface area contributed by atoms with Crippen LogP contribution in [0.3, 0.4) is 0 Å². The second-order valence-corrected chi connectivity index (χ2v) is 20.8. The number of hydrogen-bond donors (Lipinski definition) is 2. The monoisotopic (exact) mass is 560 g/mol. The number of aliphatic hydroxyl groups is 1. The highest BCUT2D eigenvalue weighted by molar-refractivity contribution is 6.84. The molecule has 3 aliphatic heterocycles. The molecule has 3 unspecified atom stereocenters. The van der Waals surface area contributed by atoms with Gasteiger partial charge in [0, 0.05) is 6.42 Å². The minimum Gasteiger partial charge on any atom is -0.414 e. The van der Waals surface area contributed by atoms with Crippen molar-refractivity contribution in [3.05, 3.63) is 59.1 Å². The van der Waals surface area contributed by atoms with E-state index in [9.17, 15) is 5.11 Å². The smallest absolute Gasteiger partial charge is 0.335 e. The van der Waals surface area contributed by atoms with Gasteiger partial charge in [-0.2, -0.15) is 5.48 Å². The third kappa shape index (κ3) is 4.98. The quantitative estimate of drug-likeness (QED) is 0.240. The molecule has 0 amide bonds. The summed E-state index contributed by atoms with van der Waals surface area (Å²) in [6, 6.07) is 9.83. The fraction of sp³-hybridized carbons (Fsp3) is 0.679. The Morgan fingerprint density at radius 3 is 2.13 bits per heavy atom. The van der Waals surface area contributed by atoms with Crippen LogP contribution in [-0.2, 0) is 29.1 Å². The lowest BCUT2D eigenvalue weighted by Gasteiger charge is -2.48. The highest BCUT2D eigenvalue weighted by Crippen LogP contribution is 2.53. The Bertz CT molecular complexity index is 1030. The number of rotatable bonds is 8. The lowest BCUT2D eigenvalue weighted by Crippen LogP contribution is -2.66. The number of nitrogens with zero attached hydrogens (tertiary/aromatic N) is 1. The minimum atomic E-state index is -2.96. The van der Waals surface area contributed by atoms with Gasteiger partial charge in [0.1, 0.15) is 11.6 Å². The van der Waals surface area contributed by atoms with Gasteiger partial charge in [0.05, 0.1) is 25.4 Å². The second kappa shape index (κ2) is 11.2. The SMILES string of the molecule is [C-]#[N+]C1=CC2O[C@@H](O)CC1(NOCc1ccccc1)C1O[Si](C(C)C)(C(C)C)O[Si](C(C)C)(C(C)C)O[C@H]21. The molecule has 8 nitrogen and oxygen atoms in total. The maximum absolute atomic E-state index is 11.0. The van der Waals surface area contributed by atoms with Crippen molar-refractivity contribution in [3.63, 3.8) is 0 Å². The number of nitrogens with one attached hydrogen (secondary N) is 1. The van der Waals surface area contributed by atoms with Gasteiger partial charge in [-0.3, -0.25) is 4.84 Å². The number of hydroxylamine groups is 1. The zero-order valence-electron chi connectivity index (χ0n) is 23.9. The summed E-state index contributed by atoms with van der Waals surface area (Å²) in [6.07, 6.45) is -1.08. The Morgan fingerprint density at radius 2 is 1.58 bits per heavy atom. The molecular formula is C28H44N2O6Si2. The van der Waals surface area contributed by atoms with Gasteiger partial charge in [-0.25, -0.2) is 4.85 Å². The van der Waals surface area contributed by atoms with Crippen LogP contribution in [0, 0.1) is 6.57 Å². The van der Waals surface area contributed by atoms with E-state index in [1.807, 2.05) is 30.3 Å². The number of benzene rings is 1. The summed E-state index contributed by atoms with van der Waals surface area (Å²) in [5.74, 6) is 0. The zero-order chi connectivity index (χ0) is 27.9. The van der Waals surface area contributed by atoms with Crippen molar-refractivity contribution in [2.75, 3.05) is 0 Å². The van der Waals surface area contributed by atoms with E-state index < -0.39 is 47.3 Å². The number of hydrogen-bond acceptors (Lipinski definition) is 7. The maximum Gasteiger partial charge on any atom is 0.335 e. The molecule has 5 atom stereocenters. The van der Waals surface area contributed by atoms with Gasteiger partial charge in [-0.05, 0) is 33.8 Å². The molecular weight excluding hydrogens is 516 g/mol. The molecule has 0 spiro atoms. The second-order valence-electron chi connectivity index (χ2n) is 12.1. The first-order valence-electron chi connectivity index (χ1n) is 13.8. The van der Waals surface area contributed by atoms with E-state index in [4.69, 9.17) is 29.1 Å². The van der Waals surface area contributed by atoms with E-state index in [-0.39, 0.29) is 35.2 Å². The Hall–Kier alpha value is -1.40. The average molecular weight is 561 g/mol. The van der Waals surface area contributed by atoms with E-state index in [2.05, 4.69) is 65.7 Å². The summed E-state index contributed by atoms with van der Waals surface area (Å²) in [7, 11) is -5.85. The first-order valence-corrected chi connectivity index (χ1v) is 17.8. The summed E-state index contributed by atoms with van der Waals surface area (Å²) < 4.78 is 27.9. The van der Waals surface area contributed by atoms with Crippen LogP contribution in [0.1, 0.15) is 67.4 Å². The summed E-state index contributed by atoms with van der Waals surface area (Å²) in [4.78, 5) is 10.0. The normalized spacial score (nSPS) is 32.2. The van der Waals surface area contributed by atoms with Crippen molar-refractivity contribution >= 4 is 17.1 Å². The Balaban J connectivity index is 1.86. The molecule has 210 valence electrons. The molecule has 0 saturated carbocycles. The number of ether oxygens (including phenoxy) is 1. The van der Waals surface area contributed by atoms with Crippen molar-refractivity contribution in [2.24, 2.45) is 0 Å². The van der Waals surface area contributed by atoms with Crippen molar-refractivity contribution in [1.29, 1.82) is 0 Å². The van der Waals surface area contributed by atoms with E-state index >= 15 is 0 Å². The number of aliphatic hydroxyl groups excluding tert-OH is 1. The van der Waals surface area contributed by atoms with Crippen molar-refractivity contribution in [2.45, 2.75) is 121 Å². The van der Waals surface area contributed by atoms with Crippen LogP contribution in [0.5, 0.6) is 0 Å². The molecule has 0 radical (unpaired) electrons. The van der Waals surface area contributed by atoms with Crippen LogP contribution in [0.25, 0.3) is 4.85 Å². The predicted octanol–water partition coefficient (Wildman–Crippen LogP) is 5.70. The zero-order valence-corrected chi connectivity index (χ0v) is 25.9. The minimum absolute atomic E-state index is 0.0929. The van der Waals surface area contributed by atoms with Crippen LogP contribution in [0.2, 0.25) is 22.2 Å². The molecule has 2 bridgehead atoms. The van der Waals surface area contributed by atoms with Gasteiger partial charge in [0.15, 0.2) is 12.0 Å². The highest BCUT2D eigenvalue weighted by atomic mass is 28.5. The lowest BCUT2D eigenvalue weighted by molar-refractivity contribution is -0.141. The first-order chi connectivity index (χ1) is 17.9. The fourth-order valence-electron chi connectivity index (χ4n) is 6.31. The van der Waals surface area contributed by atoms with Crippen LogP contribution in [-0.4, -0.2) is 52.4 Å². The van der Waals surface area contributed by atoms with Crippen LogP contribution in [0.15, 0.2) is 42.1 Å². The van der Waals surface area contributed by atoms with E-state index in [0.717, 1.165) is 5.56 Å². The summed E-state index contributed by atoms with van der Waals surface area (Å²) in [5, 5.41) is 11.0. The fourth-order valence-corrected chi connectivity index (χ4v) is 17.6. The van der Waals surface area contributed by atoms with Gasteiger partial charge in [-0.1, -0.05) is 85.7 Å². The van der Waals surface area contributed by atoms with E-state index in [1.54, 1.807) is 6.08 Å². The summed E-state index contributed by atoms with van der Waals surface area (Å²) >= 11 is 0.